The second-order valence-electron chi connectivity index (χ2n) is 6.03. The topological polar surface area (TPSA) is 95.9 Å². The molecule has 0 radical (unpaired) electrons. The van der Waals surface area contributed by atoms with Gasteiger partial charge in [0.1, 0.15) is 0 Å². The van der Waals surface area contributed by atoms with E-state index in [0.29, 0.717) is 32.4 Å². The number of rotatable bonds is 3. The van der Waals surface area contributed by atoms with E-state index in [1.807, 2.05) is 6.92 Å². The van der Waals surface area contributed by atoms with Crippen LogP contribution in [0.1, 0.15) is 26.2 Å². The van der Waals surface area contributed by atoms with Crippen LogP contribution in [0.4, 0.5) is 4.79 Å². The van der Waals surface area contributed by atoms with Crippen LogP contribution in [0, 0.1) is 17.8 Å². The maximum atomic E-state index is 12.5. The molecule has 21 heavy (non-hydrogen) atoms. The summed E-state index contributed by atoms with van der Waals surface area (Å²) in [5.41, 5.74) is 0. The number of hydrogen-bond acceptors (Lipinski definition) is 4. The van der Waals surface area contributed by atoms with E-state index in [9.17, 15) is 19.5 Å². The minimum absolute atomic E-state index is 0.0964. The Kier molecular flexibility index (Phi) is 4.69. The fraction of sp³-hybridized carbons (Fsp3) is 0.786. The third-order valence-electron chi connectivity index (χ3n) is 4.44. The van der Waals surface area contributed by atoms with Gasteiger partial charge >= 0.3 is 12.1 Å². The van der Waals surface area contributed by atoms with Crippen molar-refractivity contribution in [3.05, 3.63) is 0 Å². The summed E-state index contributed by atoms with van der Waals surface area (Å²) >= 11 is 0. The molecule has 1 aliphatic heterocycles. The molecule has 1 aliphatic carbocycles. The SMILES string of the molecule is COC(=O)NC1CCN(C(=O)C2CC(C)CC2C(=O)O)C1. The first-order valence-electron chi connectivity index (χ1n) is 7.28. The van der Waals surface area contributed by atoms with Gasteiger partial charge in [-0.2, -0.15) is 0 Å². The molecule has 1 saturated heterocycles. The van der Waals surface area contributed by atoms with Crippen LogP contribution in [0.2, 0.25) is 0 Å². The third-order valence-corrected chi connectivity index (χ3v) is 4.44. The fourth-order valence-electron chi connectivity index (χ4n) is 3.38. The highest BCUT2D eigenvalue weighted by Crippen LogP contribution is 2.38. The molecule has 1 heterocycles. The molecule has 118 valence electrons. The zero-order valence-corrected chi connectivity index (χ0v) is 12.4. The van der Waals surface area contributed by atoms with Gasteiger partial charge in [0.2, 0.25) is 5.91 Å². The lowest BCUT2D eigenvalue weighted by atomic mass is 9.95. The highest BCUT2D eigenvalue weighted by molar-refractivity contribution is 5.85. The lowest BCUT2D eigenvalue weighted by Crippen LogP contribution is -2.41. The number of aliphatic carboxylic acids is 1. The van der Waals surface area contributed by atoms with E-state index in [4.69, 9.17) is 0 Å². The van der Waals surface area contributed by atoms with Crippen molar-refractivity contribution in [3.63, 3.8) is 0 Å². The maximum absolute atomic E-state index is 12.5. The normalized spacial score (nSPS) is 32.0. The Morgan fingerprint density at radius 1 is 1.24 bits per heavy atom. The number of carboxylic acid groups (broad SMARTS) is 1. The van der Waals surface area contributed by atoms with Gasteiger partial charge < -0.3 is 20.1 Å². The van der Waals surface area contributed by atoms with Crippen molar-refractivity contribution in [3.8, 4) is 0 Å². The van der Waals surface area contributed by atoms with Crippen LogP contribution in [0.3, 0.4) is 0 Å². The van der Waals surface area contributed by atoms with E-state index in [1.165, 1.54) is 7.11 Å². The van der Waals surface area contributed by atoms with Crippen molar-refractivity contribution < 1.29 is 24.2 Å². The van der Waals surface area contributed by atoms with Crippen LogP contribution < -0.4 is 5.32 Å². The predicted octanol–water partition coefficient (Wildman–Crippen LogP) is 0.690. The Morgan fingerprint density at radius 2 is 1.90 bits per heavy atom. The minimum Gasteiger partial charge on any atom is -0.481 e. The van der Waals surface area contributed by atoms with E-state index < -0.39 is 23.9 Å². The third kappa shape index (κ3) is 3.46. The number of ether oxygens (including phenoxy) is 1. The van der Waals surface area contributed by atoms with Crippen LogP contribution in [0.25, 0.3) is 0 Å². The van der Waals surface area contributed by atoms with Gasteiger partial charge in [-0.3, -0.25) is 9.59 Å². The number of amides is 2. The lowest BCUT2D eigenvalue weighted by molar-refractivity contribution is -0.148. The van der Waals surface area contributed by atoms with Crippen molar-refractivity contribution >= 4 is 18.0 Å². The zero-order valence-electron chi connectivity index (χ0n) is 12.4. The predicted molar refractivity (Wildman–Crippen MR) is 73.5 cm³/mol. The Balaban J connectivity index is 1.95. The highest BCUT2D eigenvalue weighted by Gasteiger charge is 2.44. The van der Waals surface area contributed by atoms with Crippen LogP contribution >= 0.6 is 0 Å². The smallest absolute Gasteiger partial charge is 0.407 e. The molecule has 0 aromatic carbocycles. The second-order valence-corrected chi connectivity index (χ2v) is 6.03. The van der Waals surface area contributed by atoms with E-state index in [-0.39, 0.29) is 17.9 Å². The molecule has 2 fully saturated rings. The first-order chi connectivity index (χ1) is 9.92. The Hall–Kier alpha value is -1.79. The summed E-state index contributed by atoms with van der Waals surface area (Å²) in [5, 5.41) is 11.9. The summed E-state index contributed by atoms with van der Waals surface area (Å²) in [6.45, 7) is 2.95. The summed E-state index contributed by atoms with van der Waals surface area (Å²) in [6, 6.07) is -0.122. The molecule has 0 aromatic heterocycles. The van der Waals surface area contributed by atoms with Crippen LogP contribution in [-0.4, -0.2) is 54.2 Å². The molecule has 7 heteroatoms. The molecule has 0 bridgehead atoms. The number of hydrogen-bond donors (Lipinski definition) is 2. The van der Waals surface area contributed by atoms with Crippen molar-refractivity contribution in [2.75, 3.05) is 20.2 Å². The maximum Gasteiger partial charge on any atom is 0.407 e. The number of likely N-dealkylation sites (tertiary alicyclic amines) is 1. The largest absolute Gasteiger partial charge is 0.481 e. The van der Waals surface area contributed by atoms with E-state index >= 15 is 0 Å². The first kappa shape index (κ1) is 15.6. The van der Waals surface area contributed by atoms with Gasteiger partial charge in [-0.25, -0.2) is 4.79 Å². The van der Waals surface area contributed by atoms with E-state index in [0.717, 1.165) is 0 Å². The van der Waals surface area contributed by atoms with Gasteiger partial charge in [0.25, 0.3) is 0 Å². The molecule has 4 unspecified atom stereocenters. The summed E-state index contributed by atoms with van der Waals surface area (Å²) in [7, 11) is 1.30. The van der Waals surface area contributed by atoms with Crippen LogP contribution in [0.15, 0.2) is 0 Å². The standard InChI is InChI=1S/C14H22N2O5/c1-8-5-10(11(6-8)13(18)19)12(17)16-4-3-9(7-16)15-14(20)21-2/h8-11H,3-7H2,1-2H3,(H,15,20)(H,18,19). The molecule has 7 nitrogen and oxygen atoms in total. The Bertz CT molecular complexity index is 439. The number of carbonyl (C=O) groups is 3. The fourth-order valence-corrected chi connectivity index (χ4v) is 3.38. The molecule has 2 rings (SSSR count). The van der Waals surface area contributed by atoms with E-state index in [2.05, 4.69) is 10.1 Å². The van der Waals surface area contributed by atoms with Gasteiger partial charge in [-0.15, -0.1) is 0 Å². The molecule has 2 aliphatic rings. The molecule has 2 N–H and O–H groups in total. The Labute approximate surface area is 123 Å². The second kappa shape index (κ2) is 6.32. The number of methoxy groups -OCH3 is 1. The van der Waals surface area contributed by atoms with Crippen molar-refractivity contribution in [1.29, 1.82) is 0 Å². The lowest BCUT2D eigenvalue weighted by Gasteiger charge is -2.23. The summed E-state index contributed by atoms with van der Waals surface area (Å²) < 4.78 is 4.54. The summed E-state index contributed by atoms with van der Waals surface area (Å²) in [5.74, 6) is -1.75. The molecular formula is C14H22N2O5. The molecular weight excluding hydrogens is 276 g/mol. The van der Waals surface area contributed by atoms with Crippen molar-refractivity contribution in [2.24, 2.45) is 17.8 Å². The summed E-state index contributed by atoms with van der Waals surface area (Å²) in [4.78, 5) is 36.6. The average Bonchev–Trinajstić information content (AvgIpc) is 3.04. The minimum atomic E-state index is -0.888. The molecule has 2 amide bonds. The van der Waals surface area contributed by atoms with Crippen molar-refractivity contribution in [1.82, 2.24) is 10.2 Å². The van der Waals surface area contributed by atoms with Gasteiger partial charge in [-0.05, 0) is 25.2 Å². The van der Waals surface area contributed by atoms with Gasteiger partial charge in [0.05, 0.1) is 25.0 Å². The number of nitrogens with zero attached hydrogens (tertiary/aromatic N) is 1. The van der Waals surface area contributed by atoms with Gasteiger partial charge in [0, 0.05) is 13.1 Å². The highest BCUT2D eigenvalue weighted by atomic mass is 16.5. The molecule has 1 saturated carbocycles. The first-order valence-corrected chi connectivity index (χ1v) is 7.28. The summed E-state index contributed by atoms with van der Waals surface area (Å²) in [6.07, 6.45) is 1.35. The molecule has 4 atom stereocenters. The van der Waals surface area contributed by atoms with Crippen LogP contribution in [0.5, 0.6) is 0 Å². The quantitative estimate of drug-likeness (QED) is 0.799. The molecule has 0 aromatic rings. The van der Waals surface area contributed by atoms with Gasteiger partial charge in [-0.1, -0.05) is 6.92 Å². The monoisotopic (exact) mass is 298 g/mol. The zero-order chi connectivity index (χ0) is 15.6. The number of nitrogens with one attached hydrogen (secondary N) is 1. The van der Waals surface area contributed by atoms with Crippen LogP contribution in [-0.2, 0) is 14.3 Å². The van der Waals surface area contributed by atoms with Crippen molar-refractivity contribution in [2.45, 2.75) is 32.2 Å². The van der Waals surface area contributed by atoms with E-state index in [1.54, 1.807) is 4.90 Å². The number of carboxylic acids is 1. The Morgan fingerprint density at radius 3 is 2.52 bits per heavy atom. The number of carbonyl (C=O) groups excluding carboxylic acids is 2. The number of alkyl carbamates (subject to hydrolysis) is 1. The van der Waals surface area contributed by atoms with Gasteiger partial charge in [0.15, 0.2) is 0 Å². The average molecular weight is 298 g/mol. The molecule has 0 spiro atoms.